The van der Waals surface area contributed by atoms with Crippen LogP contribution in [0.3, 0.4) is 0 Å². The number of rotatable bonds is 6. The Morgan fingerprint density at radius 3 is 2.33 bits per heavy atom. The normalized spacial score (nSPS) is 14.3. The minimum atomic E-state index is -0.283. The van der Waals surface area contributed by atoms with Crippen molar-refractivity contribution in [1.29, 1.82) is 0 Å². The molecule has 0 heterocycles. The summed E-state index contributed by atoms with van der Waals surface area (Å²) in [6.45, 7) is 6.36. The maximum atomic E-state index is 11.8. The fourth-order valence-electron chi connectivity index (χ4n) is 1.71. The SMILES string of the molecule is COC(=O)[C@H](Cc1ccccc1)N[C@H](C)C(C)C. The molecule has 0 fully saturated rings. The van der Waals surface area contributed by atoms with Gasteiger partial charge in [0.1, 0.15) is 6.04 Å². The predicted molar refractivity (Wildman–Crippen MR) is 73.4 cm³/mol. The van der Waals surface area contributed by atoms with E-state index in [0.29, 0.717) is 12.3 Å². The van der Waals surface area contributed by atoms with Crippen molar-refractivity contribution in [2.45, 2.75) is 39.3 Å². The molecule has 0 unspecified atom stereocenters. The summed E-state index contributed by atoms with van der Waals surface area (Å²) in [7, 11) is 1.43. The third kappa shape index (κ3) is 4.49. The number of nitrogens with one attached hydrogen (secondary N) is 1. The van der Waals surface area contributed by atoms with Crippen molar-refractivity contribution in [2.24, 2.45) is 5.92 Å². The van der Waals surface area contributed by atoms with Crippen molar-refractivity contribution in [3.63, 3.8) is 0 Å². The first kappa shape index (κ1) is 14.7. The highest BCUT2D eigenvalue weighted by Crippen LogP contribution is 2.08. The lowest BCUT2D eigenvalue weighted by Gasteiger charge is -2.24. The van der Waals surface area contributed by atoms with Crippen LogP contribution in [0.4, 0.5) is 0 Å². The number of hydrogen-bond acceptors (Lipinski definition) is 3. The van der Waals surface area contributed by atoms with E-state index in [1.807, 2.05) is 30.3 Å². The lowest BCUT2D eigenvalue weighted by atomic mass is 10.0. The Hall–Kier alpha value is -1.35. The molecule has 0 aliphatic carbocycles. The molecule has 0 aromatic heterocycles. The second kappa shape index (κ2) is 7.17. The van der Waals surface area contributed by atoms with E-state index in [1.165, 1.54) is 7.11 Å². The van der Waals surface area contributed by atoms with Gasteiger partial charge in [0.15, 0.2) is 0 Å². The second-order valence-corrected chi connectivity index (χ2v) is 4.96. The van der Waals surface area contributed by atoms with Gasteiger partial charge in [-0.3, -0.25) is 4.79 Å². The molecule has 3 nitrogen and oxygen atoms in total. The maximum absolute atomic E-state index is 11.8. The molecule has 100 valence electrons. The van der Waals surface area contributed by atoms with E-state index < -0.39 is 0 Å². The Morgan fingerprint density at radius 1 is 1.22 bits per heavy atom. The molecule has 0 aliphatic rings. The average molecular weight is 249 g/mol. The number of esters is 1. The summed E-state index contributed by atoms with van der Waals surface area (Å²) < 4.78 is 4.86. The van der Waals surface area contributed by atoms with Gasteiger partial charge in [0, 0.05) is 6.04 Å². The molecule has 0 amide bonds. The van der Waals surface area contributed by atoms with Crippen LogP contribution in [0.2, 0.25) is 0 Å². The van der Waals surface area contributed by atoms with E-state index in [2.05, 4.69) is 26.1 Å². The molecule has 1 N–H and O–H groups in total. The van der Waals surface area contributed by atoms with Gasteiger partial charge in [0.2, 0.25) is 0 Å². The number of methoxy groups -OCH3 is 1. The smallest absolute Gasteiger partial charge is 0.323 e. The van der Waals surface area contributed by atoms with E-state index in [4.69, 9.17) is 4.74 Å². The zero-order valence-corrected chi connectivity index (χ0v) is 11.6. The fourth-order valence-corrected chi connectivity index (χ4v) is 1.71. The van der Waals surface area contributed by atoms with Crippen molar-refractivity contribution in [3.05, 3.63) is 35.9 Å². The highest BCUT2D eigenvalue weighted by molar-refractivity contribution is 5.76. The molecular weight excluding hydrogens is 226 g/mol. The zero-order valence-electron chi connectivity index (χ0n) is 11.6. The van der Waals surface area contributed by atoms with Crippen LogP contribution >= 0.6 is 0 Å². The van der Waals surface area contributed by atoms with Gasteiger partial charge < -0.3 is 10.1 Å². The van der Waals surface area contributed by atoms with Crippen LogP contribution in [0.5, 0.6) is 0 Å². The summed E-state index contributed by atoms with van der Waals surface area (Å²) in [5, 5.41) is 3.34. The molecule has 0 saturated heterocycles. The van der Waals surface area contributed by atoms with Crippen molar-refractivity contribution in [3.8, 4) is 0 Å². The lowest BCUT2D eigenvalue weighted by molar-refractivity contribution is -0.143. The van der Waals surface area contributed by atoms with Gasteiger partial charge in [0.25, 0.3) is 0 Å². The Labute approximate surface area is 110 Å². The highest BCUT2D eigenvalue weighted by Gasteiger charge is 2.22. The molecule has 0 aliphatic heterocycles. The van der Waals surface area contributed by atoms with Crippen LogP contribution < -0.4 is 5.32 Å². The van der Waals surface area contributed by atoms with E-state index in [-0.39, 0.29) is 18.1 Å². The number of benzene rings is 1. The van der Waals surface area contributed by atoms with Crippen molar-refractivity contribution < 1.29 is 9.53 Å². The summed E-state index contributed by atoms with van der Waals surface area (Å²) in [4.78, 5) is 11.8. The second-order valence-electron chi connectivity index (χ2n) is 4.96. The zero-order chi connectivity index (χ0) is 13.5. The van der Waals surface area contributed by atoms with E-state index in [0.717, 1.165) is 5.56 Å². The van der Waals surface area contributed by atoms with Gasteiger partial charge in [-0.25, -0.2) is 0 Å². The monoisotopic (exact) mass is 249 g/mol. The van der Waals surface area contributed by atoms with Gasteiger partial charge in [-0.15, -0.1) is 0 Å². The lowest BCUT2D eigenvalue weighted by Crippen LogP contribution is -2.46. The van der Waals surface area contributed by atoms with Crippen LogP contribution in [-0.2, 0) is 16.0 Å². The van der Waals surface area contributed by atoms with Gasteiger partial charge in [-0.1, -0.05) is 44.2 Å². The van der Waals surface area contributed by atoms with Crippen molar-refractivity contribution >= 4 is 5.97 Å². The topological polar surface area (TPSA) is 38.3 Å². The van der Waals surface area contributed by atoms with Gasteiger partial charge in [-0.05, 0) is 24.8 Å². The number of carbonyl (C=O) groups is 1. The molecule has 1 aromatic rings. The molecule has 3 heteroatoms. The van der Waals surface area contributed by atoms with E-state index in [9.17, 15) is 4.79 Å². The van der Waals surface area contributed by atoms with Crippen LogP contribution in [0.1, 0.15) is 26.3 Å². The summed E-state index contributed by atoms with van der Waals surface area (Å²) in [5.74, 6) is 0.277. The molecular formula is C15H23NO2. The quantitative estimate of drug-likeness (QED) is 0.787. The molecule has 0 bridgehead atoms. The first-order chi connectivity index (χ1) is 8.54. The summed E-state index contributed by atoms with van der Waals surface area (Å²) in [5.41, 5.74) is 1.14. The third-order valence-electron chi connectivity index (χ3n) is 3.23. The van der Waals surface area contributed by atoms with Crippen molar-refractivity contribution in [2.75, 3.05) is 7.11 Å². The number of carbonyl (C=O) groups excluding carboxylic acids is 1. The standard InChI is InChI=1S/C15H23NO2/c1-11(2)12(3)16-14(15(17)18-4)10-13-8-6-5-7-9-13/h5-9,11-12,14,16H,10H2,1-4H3/t12-,14+/m1/s1. The van der Waals surface area contributed by atoms with Crippen LogP contribution in [0.15, 0.2) is 30.3 Å². The predicted octanol–water partition coefficient (Wildman–Crippen LogP) is 2.40. The minimum absolute atomic E-state index is 0.202. The van der Waals surface area contributed by atoms with Crippen LogP contribution in [0.25, 0.3) is 0 Å². The first-order valence-electron chi connectivity index (χ1n) is 6.42. The Morgan fingerprint density at radius 2 is 1.83 bits per heavy atom. The molecule has 1 rings (SSSR count). The average Bonchev–Trinajstić information content (AvgIpc) is 2.38. The Bertz CT molecular complexity index is 362. The van der Waals surface area contributed by atoms with Crippen LogP contribution in [0, 0.1) is 5.92 Å². The van der Waals surface area contributed by atoms with E-state index in [1.54, 1.807) is 0 Å². The molecule has 0 saturated carbocycles. The highest BCUT2D eigenvalue weighted by atomic mass is 16.5. The summed E-state index contributed by atoms with van der Waals surface area (Å²) in [6, 6.07) is 9.98. The Kier molecular flexibility index (Phi) is 5.86. The number of ether oxygens (including phenoxy) is 1. The van der Waals surface area contributed by atoms with Crippen LogP contribution in [-0.4, -0.2) is 25.2 Å². The maximum Gasteiger partial charge on any atom is 0.323 e. The molecule has 2 atom stereocenters. The van der Waals surface area contributed by atoms with Gasteiger partial charge in [0.05, 0.1) is 7.11 Å². The largest absolute Gasteiger partial charge is 0.468 e. The summed E-state index contributed by atoms with van der Waals surface area (Å²) in [6.07, 6.45) is 0.657. The first-order valence-corrected chi connectivity index (χ1v) is 6.42. The number of hydrogen-bond donors (Lipinski definition) is 1. The Balaban J connectivity index is 2.70. The fraction of sp³-hybridized carbons (Fsp3) is 0.533. The van der Waals surface area contributed by atoms with Gasteiger partial charge in [-0.2, -0.15) is 0 Å². The molecule has 18 heavy (non-hydrogen) atoms. The molecule has 0 radical (unpaired) electrons. The van der Waals surface area contributed by atoms with Gasteiger partial charge >= 0.3 is 5.97 Å². The minimum Gasteiger partial charge on any atom is -0.468 e. The molecule has 0 spiro atoms. The molecule has 1 aromatic carbocycles. The third-order valence-corrected chi connectivity index (χ3v) is 3.23. The van der Waals surface area contributed by atoms with Crippen molar-refractivity contribution in [1.82, 2.24) is 5.32 Å². The van der Waals surface area contributed by atoms with E-state index >= 15 is 0 Å². The summed E-state index contributed by atoms with van der Waals surface area (Å²) >= 11 is 0.